The third kappa shape index (κ3) is 3.76. The highest BCUT2D eigenvalue weighted by atomic mass is 16.3. The van der Waals surface area contributed by atoms with E-state index in [9.17, 15) is 34.2 Å². The van der Waals surface area contributed by atoms with Crippen LogP contribution in [-0.4, -0.2) is 69.9 Å². The first-order chi connectivity index (χ1) is 19.1. The summed E-state index contributed by atoms with van der Waals surface area (Å²) in [5, 5.41) is 22.7. The number of likely N-dealkylation sites (N-methyl/N-ethyl adjacent to an activating group) is 1. The van der Waals surface area contributed by atoms with E-state index in [0.717, 1.165) is 0 Å². The molecule has 3 aliphatic carbocycles. The lowest BCUT2D eigenvalue weighted by atomic mass is 9.42. The summed E-state index contributed by atoms with van der Waals surface area (Å²) in [4.78, 5) is 69.1. The number of fused-ring (bicyclic) bond motifs is 3. The van der Waals surface area contributed by atoms with Crippen molar-refractivity contribution in [3.8, 4) is 17.6 Å². The number of nitrogens with zero attached hydrogens (tertiary/aromatic N) is 1. The van der Waals surface area contributed by atoms with Gasteiger partial charge in [0.15, 0.2) is 34.7 Å². The van der Waals surface area contributed by atoms with Gasteiger partial charge in [-0.1, -0.05) is 25.7 Å². The third-order valence-corrected chi connectivity index (χ3v) is 9.12. The average Bonchev–Trinajstić information content (AvgIpc) is 2.86. The molecule has 0 saturated heterocycles. The Morgan fingerprint density at radius 1 is 1.00 bits per heavy atom. The third-order valence-electron chi connectivity index (χ3n) is 9.12. The van der Waals surface area contributed by atoms with Crippen LogP contribution in [0.2, 0.25) is 0 Å². The second-order valence-electron chi connectivity index (χ2n) is 12.1. The smallest absolute Gasteiger partial charge is 0.235 e. The van der Waals surface area contributed by atoms with Crippen LogP contribution in [0.5, 0.6) is 5.75 Å². The van der Waals surface area contributed by atoms with Gasteiger partial charge in [0.25, 0.3) is 0 Å². The summed E-state index contributed by atoms with van der Waals surface area (Å²) in [5.41, 5.74) is 7.51. The number of anilines is 1. The molecular weight excluding hydrogens is 526 g/mol. The summed E-state index contributed by atoms with van der Waals surface area (Å²) in [6, 6.07) is 8.58. The maximum absolute atomic E-state index is 14.2. The number of Topliss-reactive ketones (excluding diaryl/α,β-unsaturated/α-hetero) is 4. The molecule has 0 aromatic heterocycles. The molecule has 6 N–H and O–H groups in total. The number of amides is 1. The zero-order valence-corrected chi connectivity index (χ0v) is 23.1. The van der Waals surface area contributed by atoms with Crippen LogP contribution < -0.4 is 11.5 Å². The van der Waals surface area contributed by atoms with E-state index in [0.29, 0.717) is 22.4 Å². The fourth-order valence-corrected chi connectivity index (χ4v) is 7.54. The van der Waals surface area contributed by atoms with E-state index in [-0.39, 0.29) is 24.2 Å². The molecule has 2 saturated carbocycles. The van der Waals surface area contributed by atoms with Crippen molar-refractivity contribution in [2.45, 2.75) is 38.3 Å². The first-order valence-electron chi connectivity index (χ1n) is 13.2. The minimum atomic E-state index is -2.84. The van der Waals surface area contributed by atoms with Gasteiger partial charge in [-0.25, -0.2) is 0 Å². The van der Waals surface area contributed by atoms with Crippen LogP contribution in [0.25, 0.3) is 0 Å². The predicted molar refractivity (Wildman–Crippen MR) is 147 cm³/mol. The fraction of sp³-hybridized carbons (Fsp3) is 0.387. The van der Waals surface area contributed by atoms with Crippen molar-refractivity contribution < 1.29 is 34.2 Å². The lowest BCUT2D eigenvalue weighted by Gasteiger charge is -2.61. The van der Waals surface area contributed by atoms with Crippen molar-refractivity contribution in [3.05, 3.63) is 58.7 Å². The first-order valence-corrected chi connectivity index (χ1v) is 13.2. The largest absolute Gasteiger partial charge is 0.507 e. The molecule has 2 unspecified atom stereocenters. The highest BCUT2D eigenvalue weighted by molar-refractivity contribution is 6.33. The van der Waals surface area contributed by atoms with Crippen LogP contribution in [0, 0.1) is 34.5 Å². The van der Waals surface area contributed by atoms with E-state index in [1.165, 1.54) is 17.9 Å². The number of hydrogen-bond acceptors (Lipinski definition) is 9. The Hall–Kier alpha value is -4.33. The highest BCUT2D eigenvalue weighted by Gasteiger charge is 2.76. The molecule has 1 amide bonds. The Morgan fingerprint density at radius 3 is 2.22 bits per heavy atom. The molecule has 0 spiro atoms. The van der Waals surface area contributed by atoms with E-state index in [4.69, 9.17) is 11.5 Å². The van der Waals surface area contributed by atoms with Gasteiger partial charge < -0.3 is 21.7 Å². The average molecular weight is 558 g/mol. The normalized spacial score (nSPS) is 32.5. The van der Waals surface area contributed by atoms with Crippen molar-refractivity contribution in [2.75, 3.05) is 19.8 Å². The highest BCUT2D eigenvalue weighted by Crippen LogP contribution is 2.61. The van der Waals surface area contributed by atoms with Gasteiger partial charge >= 0.3 is 0 Å². The standard InChI is InChI=1S/C31H31N3O7/c1-29-13-18-16(8-5-15-6-10-17(32)11-7-15)9-12-19(35)20(18)23(36)22(29)27(39)31(41)26(38)21(28(33)40)24(37)25(34(3)4)30(31,2)14-29/h6-7,9-12,21-22,25,35,41H,13-14,32H2,1-4H3,(H2,33,40)/t21?,22?,25-,29+,30+,31-/m1/s1. The van der Waals surface area contributed by atoms with Crippen molar-refractivity contribution in [1.29, 1.82) is 0 Å². The minimum absolute atomic E-state index is 0.0929. The summed E-state index contributed by atoms with van der Waals surface area (Å²) < 4.78 is 0. The lowest BCUT2D eigenvalue weighted by Crippen LogP contribution is -2.79. The van der Waals surface area contributed by atoms with E-state index in [1.807, 2.05) is 0 Å². The number of nitrogen functional groups attached to an aromatic ring is 1. The van der Waals surface area contributed by atoms with Crippen LogP contribution in [0.4, 0.5) is 5.69 Å². The van der Waals surface area contributed by atoms with Gasteiger partial charge in [0.1, 0.15) is 5.75 Å². The number of aromatic hydroxyl groups is 1. The van der Waals surface area contributed by atoms with E-state index in [2.05, 4.69) is 11.8 Å². The zero-order valence-electron chi connectivity index (χ0n) is 23.1. The van der Waals surface area contributed by atoms with E-state index >= 15 is 0 Å². The molecule has 3 aliphatic rings. The van der Waals surface area contributed by atoms with Crippen molar-refractivity contribution in [3.63, 3.8) is 0 Å². The number of carbonyl (C=O) groups excluding carboxylic acids is 5. The maximum Gasteiger partial charge on any atom is 0.235 e. The molecule has 2 aromatic carbocycles. The number of nitrogens with two attached hydrogens (primary N) is 2. The monoisotopic (exact) mass is 557 g/mol. The minimum Gasteiger partial charge on any atom is -0.507 e. The van der Waals surface area contributed by atoms with Gasteiger partial charge in [-0.05, 0) is 74.3 Å². The molecule has 0 bridgehead atoms. The summed E-state index contributed by atoms with van der Waals surface area (Å²) in [6.07, 6.45) is 0.00244. The lowest BCUT2D eigenvalue weighted by molar-refractivity contribution is -0.203. The van der Waals surface area contributed by atoms with Gasteiger partial charge in [-0.3, -0.25) is 28.9 Å². The van der Waals surface area contributed by atoms with Crippen LogP contribution in [0.1, 0.15) is 47.3 Å². The Labute approximate surface area is 236 Å². The zero-order chi connectivity index (χ0) is 30.2. The quantitative estimate of drug-likeness (QED) is 0.234. The summed E-state index contributed by atoms with van der Waals surface area (Å²) in [7, 11) is 3.09. The number of benzene rings is 2. The molecule has 41 heavy (non-hydrogen) atoms. The molecule has 6 atom stereocenters. The second-order valence-corrected chi connectivity index (χ2v) is 12.1. The molecule has 0 radical (unpaired) electrons. The second kappa shape index (κ2) is 9.09. The SMILES string of the molecule is CN(C)[C@@H]1C(=O)C(C(N)=O)C(=O)[C@@]2(O)C(=O)C3C(=O)c4c(O)ccc(C#Cc5ccc(N)cc5)c4C[C@@]3(C)C[C@@]12C. The van der Waals surface area contributed by atoms with Gasteiger partial charge in [-0.2, -0.15) is 0 Å². The maximum atomic E-state index is 14.2. The van der Waals surface area contributed by atoms with Crippen molar-refractivity contribution in [2.24, 2.45) is 28.4 Å². The van der Waals surface area contributed by atoms with Gasteiger partial charge in [-0.15, -0.1) is 0 Å². The topological polar surface area (TPSA) is 181 Å². The van der Waals surface area contributed by atoms with E-state index < -0.39 is 63.3 Å². The number of phenolic OH excluding ortho intramolecular Hbond substituents is 1. The molecule has 212 valence electrons. The molecule has 5 rings (SSSR count). The number of rotatable bonds is 2. The van der Waals surface area contributed by atoms with Crippen LogP contribution in [0.3, 0.4) is 0 Å². The molecule has 10 nitrogen and oxygen atoms in total. The number of carbonyl (C=O) groups is 5. The molecule has 10 heteroatoms. The Kier molecular flexibility index (Phi) is 6.26. The van der Waals surface area contributed by atoms with Crippen LogP contribution in [0.15, 0.2) is 36.4 Å². The van der Waals surface area contributed by atoms with Gasteiger partial charge in [0.2, 0.25) is 5.91 Å². The van der Waals surface area contributed by atoms with Crippen LogP contribution >= 0.6 is 0 Å². The first kappa shape index (κ1) is 28.2. The molecule has 0 heterocycles. The van der Waals surface area contributed by atoms with Crippen LogP contribution in [-0.2, 0) is 25.6 Å². The van der Waals surface area contributed by atoms with Gasteiger partial charge in [0, 0.05) is 22.2 Å². The number of aliphatic hydroxyl groups is 1. The molecule has 2 fully saturated rings. The predicted octanol–water partition coefficient (Wildman–Crippen LogP) is 0.629. The summed E-state index contributed by atoms with van der Waals surface area (Å²) in [5.74, 6) is -3.07. The van der Waals surface area contributed by atoms with E-state index in [1.54, 1.807) is 51.4 Å². The summed E-state index contributed by atoms with van der Waals surface area (Å²) >= 11 is 0. The number of primary amides is 1. The molecular formula is C31H31N3O7. The number of hydrogen-bond donors (Lipinski definition) is 4. The summed E-state index contributed by atoms with van der Waals surface area (Å²) in [6.45, 7) is 3.17. The Bertz CT molecular complexity index is 1620. The fourth-order valence-electron chi connectivity index (χ4n) is 7.54. The Morgan fingerprint density at radius 2 is 1.63 bits per heavy atom. The van der Waals surface area contributed by atoms with Crippen molar-refractivity contribution in [1.82, 2.24) is 4.90 Å². The molecule has 2 aromatic rings. The van der Waals surface area contributed by atoms with Crippen molar-refractivity contribution >= 4 is 34.7 Å². The Balaban J connectivity index is 1.69. The molecule has 0 aliphatic heterocycles. The number of ketones is 4. The number of phenols is 1. The van der Waals surface area contributed by atoms with Gasteiger partial charge in [0.05, 0.1) is 17.5 Å².